The summed E-state index contributed by atoms with van der Waals surface area (Å²) in [7, 11) is 0. The molecule has 0 aliphatic heterocycles. The van der Waals surface area contributed by atoms with Gasteiger partial charge < -0.3 is 0 Å². The van der Waals surface area contributed by atoms with E-state index in [9.17, 15) is 0 Å². The van der Waals surface area contributed by atoms with Crippen LogP contribution in [0, 0.1) is 20.8 Å². The molecule has 0 saturated heterocycles. The Balaban J connectivity index is 2.64. The number of imidazole rings is 1. The van der Waals surface area contributed by atoms with Gasteiger partial charge in [0.1, 0.15) is 18.1 Å². The van der Waals surface area contributed by atoms with Gasteiger partial charge in [-0.1, -0.05) is 17.7 Å². The van der Waals surface area contributed by atoms with Crippen LogP contribution in [-0.2, 0) is 0 Å². The molecule has 0 unspecified atom stereocenters. The van der Waals surface area contributed by atoms with Crippen LogP contribution < -0.4 is 4.57 Å². The molecule has 1 N–H and O–H groups in total. The molecule has 2 nitrogen and oxygen atoms in total. The van der Waals surface area contributed by atoms with Crippen molar-refractivity contribution in [3.63, 3.8) is 0 Å². The Kier molecular flexibility index (Phi) is 2.12. The van der Waals surface area contributed by atoms with Crippen molar-refractivity contribution in [1.82, 2.24) is 4.98 Å². The maximum absolute atomic E-state index is 3.06. The average molecular weight is 187 g/mol. The Labute approximate surface area is 84.2 Å². The number of nitrogens with one attached hydrogen (secondary N) is 1. The maximum Gasteiger partial charge on any atom is 0.246 e. The molecule has 1 aromatic heterocycles. The number of aromatic nitrogens is 2. The number of aromatic amines is 1. The van der Waals surface area contributed by atoms with Crippen molar-refractivity contribution < 1.29 is 4.57 Å². The number of hydrogen-bond acceptors (Lipinski definition) is 0. The van der Waals surface area contributed by atoms with Gasteiger partial charge in [0, 0.05) is 0 Å². The monoisotopic (exact) mass is 187 g/mol. The van der Waals surface area contributed by atoms with Crippen LogP contribution in [0.2, 0.25) is 0 Å². The third-order valence-electron chi connectivity index (χ3n) is 2.44. The van der Waals surface area contributed by atoms with Gasteiger partial charge in [-0.2, -0.15) is 0 Å². The van der Waals surface area contributed by atoms with E-state index in [1.807, 2.05) is 18.7 Å². The largest absolute Gasteiger partial charge is 0.250 e. The summed E-state index contributed by atoms with van der Waals surface area (Å²) in [5.74, 6) is 0. The lowest BCUT2D eigenvalue weighted by Crippen LogP contribution is -2.29. The Morgan fingerprint density at radius 1 is 1.07 bits per heavy atom. The van der Waals surface area contributed by atoms with Gasteiger partial charge >= 0.3 is 0 Å². The first-order valence-electron chi connectivity index (χ1n) is 4.81. The Hall–Kier alpha value is -1.57. The molecular weight excluding hydrogens is 172 g/mol. The first kappa shape index (κ1) is 9.00. The average Bonchev–Trinajstić information content (AvgIpc) is 2.54. The molecule has 0 radical (unpaired) electrons. The smallest absolute Gasteiger partial charge is 0.246 e. The maximum atomic E-state index is 3.06. The van der Waals surface area contributed by atoms with Crippen molar-refractivity contribution in [1.29, 1.82) is 0 Å². The molecule has 72 valence electrons. The summed E-state index contributed by atoms with van der Waals surface area (Å²) in [6.07, 6.45) is 5.92. The molecule has 0 bridgehead atoms. The predicted molar refractivity (Wildman–Crippen MR) is 56.5 cm³/mol. The minimum atomic E-state index is 1.27. The number of rotatable bonds is 1. The van der Waals surface area contributed by atoms with E-state index in [4.69, 9.17) is 0 Å². The highest BCUT2D eigenvalue weighted by atomic mass is 15.0. The molecule has 1 heterocycles. The second-order valence-corrected chi connectivity index (χ2v) is 3.77. The van der Waals surface area contributed by atoms with E-state index in [-0.39, 0.29) is 0 Å². The quantitative estimate of drug-likeness (QED) is 0.660. The fraction of sp³-hybridized carbons (Fsp3) is 0.250. The zero-order chi connectivity index (χ0) is 10.1. The summed E-state index contributed by atoms with van der Waals surface area (Å²) in [6, 6.07) is 4.42. The minimum absolute atomic E-state index is 1.27. The van der Waals surface area contributed by atoms with Crippen LogP contribution in [0.3, 0.4) is 0 Å². The van der Waals surface area contributed by atoms with Gasteiger partial charge in [0.25, 0.3) is 0 Å². The molecule has 0 atom stereocenters. The highest BCUT2D eigenvalue weighted by Crippen LogP contribution is 2.15. The minimum Gasteiger partial charge on any atom is -0.250 e. The summed E-state index contributed by atoms with van der Waals surface area (Å²) in [6.45, 7) is 6.43. The highest BCUT2D eigenvalue weighted by molar-refractivity contribution is 5.42. The van der Waals surface area contributed by atoms with Crippen LogP contribution >= 0.6 is 0 Å². The normalized spacial score (nSPS) is 10.5. The van der Waals surface area contributed by atoms with E-state index < -0.39 is 0 Å². The van der Waals surface area contributed by atoms with Gasteiger partial charge in [-0.15, -0.1) is 0 Å². The van der Waals surface area contributed by atoms with E-state index in [1.165, 1.54) is 22.4 Å². The zero-order valence-corrected chi connectivity index (χ0v) is 8.83. The number of H-pyrrole nitrogens is 1. The molecule has 0 amide bonds. The molecule has 1 aromatic carbocycles. The van der Waals surface area contributed by atoms with E-state index >= 15 is 0 Å². The lowest BCUT2D eigenvalue weighted by Gasteiger charge is -2.06. The molecule has 14 heavy (non-hydrogen) atoms. The number of aryl methyl sites for hydroxylation is 3. The molecule has 2 aromatic rings. The van der Waals surface area contributed by atoms with E-state index in [0.29, 0.717) is 0 Å². The van der Waals surface area contributed by atoms with Gasteiger partial charge in [-0.3, -0.25) is 0 Å². The molecule has 0 saturated carbocycles. The van der Waals surface area contributed by atoms with Crippen molar-refractivity contribution in [2.45, 2.75) is 20.8 Å². The van der Waals surface area contributed by atoms with Gasteiger partial charge in [0.15, 0.2) is 0 Å². The van der Waals surface area contributed by atoms with Crippen LogP contribution in [0.4, 0.5) is 0 Å². The predicted octanol–water partition coefficient (Wildman–Crippen LogP) is 2.22. The van der Waals surface area contributed by atoms with Gasteiger partial charge in [-0.25, -0.2) is 9.55 Å². The van der Waals surface area contributed by atoms with Crippen molar-refractivity contribution in [2.75, 3.05) is 0 Å². The topological polar surface area (TPSA) is 19.7 Å². The van der Waals surface area contributed by atoms with Crippen LogP contribution in [0.15, 0.2) is 30.9 Å². The van der Waals surface area contributed by atoms with Gasteiger partial charge in [0.2, 0.25) is 6.33 Å². The standard InChI is InChI=1S/C12H14N2/c1-9-6-10(2)12(11(3)7-9)14-5-4-13-8-14/h4-8H,1-3H3/p+1. The van der Waals surface area contributed by atoms with E-state index in [0.717, 1.165) is 0 Å². The third kappa shape index (κ3) is 1.43. The first-order valence-corrected chi connectivity index (χ1v) is 4.81. The fourth-order valence-corrected chi connectivity index (χ4v) is 2.01. The highest BCUT2D eigenvalue weighted by Gasteiger charge is 2.09. The van der Waals surface area contributed by atoms with Crippen molar-refractivity contribution in [3.05, 3.63) is 47.5 Å². The molecule has 0 aliphatic rings. The van der Waals surface area contributed by atoms with Crippen LogP contribution in [0.1, 0.15) is 16.7 Å². The Bertz CT molecular complexity index is 418. The van der Waals surface area contributed by atoms with E-state index in [2.05, 4.69) is 42.5 Å². The number of nitrogens with zero attached hydrogens (tertiary/aromatic N) is 1. The lowest BCUT2D eigenvalue weighted by atomic mass is 10.1. The summed E-state index contributed by atoms with van der Waals surface area (Å²) in [4.78, 5) is 3.06. The van der Waals surface area contributed by atoms with Crippen LogP contribution in [0.25, 0.3) is 5.69 Å². The molecule has 0 aliphatic carbocycles. The number of benzene rings is 1. The van der Waals surface area contributed by atoms with Gasteiger partial charge in [-0.05, 0) is 31.9 Å². The zero-order valence-electron chi connectivity index (χ0n) is 8.83. The fourth-order valence-electron chi connectivity index (χ4n) is 2.01. The Morgan fingerprint density at radius 3 is 2.21 bits per heavy atom. The lowest BCUT2D eigenvalue weighted by molar-refractivity contribution is -0.595. The summed E-state index contributed by atoms with van der Waals surface area (Å²) >= 11 is 0. The molecule has 2 heteroatoms. The summed E-state index contributed by atoms with van der Waals surface area (Å²) in [5, 5.41) is 0. The van der Waals surface area contributed by atoms with Crippen molar-refractivity contribution in [3.8, 4) is 5.69 Å². The van der Waals surface area contributed by atoms with Crippen molar-refractivity contribution >= 4 is 0 Å². The molecule has 0 fully saturated rings. The number of hydrogen-bond donors (Lipinski definition) is 1. The molecule has 2 rings (SSSR count). The summed E-state index contributed by atoms with van der Waals surface area (Å²) in [5.41, 5.74) is 5.22. The van der Waals surface area contributed by atoms with Gasteiger partial charge in [0.05, 0.1) is 0 Å². The molecule has 0 spiro atoms. The second-order valence-electron chi connectivity index (χ2n) is 3.77. The Morgan fingerprint density at radius 2 is 1.71 bits per heavy atom. The van der Waals surface area contributed by atoms with E-state index in [1.54, 1.807) is 0 Å². The van der Waals surface area contributed by atoms with Crippen molar-refractivity contribution in [2.24, 2.45) is 0 Å². The first-order chi connectivity index (χ1) is 6.68. The molecular formula is C12H15N2+. The second kappa shape index (κ2) is 3.29. The van der Waals surface area contributed by atoms with Crippen LogP contribution in [0.5, 0.6) is 0 Å². The third-order valence-corrected chi connectivity index (χ3v) is 2.44. The van der Waals surface area contributed by atoms with Crippen LogP contribution in [-0.4, -0.2) is 4.98 Å². The summed E-state index contributed by atoms with van der Waals surface area (Å²) < 4.78 is 2.12. The SMILES string of the molecule is Cc1cc(C)c(-[n+]2cc[nH]c2)c(C)c1.